The third-order valence-corrected chi connectivity index (χ3v) is 7.08. The second-order valence-electron chi connectivity index (χ2n) is 9.29. The van der Waals surface area contributed by atoms with Gasteiger partial charge in [-0.3, -0.25) is 14.6 Å². The van der Waals surface area contributed by atoms with Crippen LogP contribution in [0, 0.1) is 5.92 Å². The summed E-state index contributed by atoms with van der Waals surface area (Å²) in [6, 6.07) is 19.1. The van der Waals surface area contributed by atoms with Gasteiger partial charge in [0.05, 0.1) is 12.0 Å². The molecule has 0 aromatic heterocycles. The summed E-state index contributed by atoms with van der Waals surface area (Å²) in [5, 5.41) is 0. The molecule has 2 aromatic rings. The van der Waals surface area contributed by atoms with E-state index in [1.54, 1.807) is 0 Å². The molecule has 0 spiro atoms. The lowest BCUT2D eigenvalue weighted by Crippen LogP contribution is -2.47. The van der Waals surface area contributed by atoms with Gasteiger partial charge < -0.3 is 10.6 Å². The molecule has 0 radical (unpaired) electrons. The fourth-order valence-corrected chi connectivity index (χ4v) is 5.16. The van der Waals surface area contributed by atoms with Gasteiger partial charge in [0.15, 0.2) is 0 Å². The highest BCUT2D eigenvalue weighted by atomic mass is 16.2. The highest BCUT2D eigenvalue weighted by molar-refractivity contribution is 5.81. The van der Waals surface area contributed by atoms with Crippen LogP contribution in [0.1, 0.15) is 37.4 Å². The summed E-state index contributed by atoms with van der Waals surface area (Å²) >= 11 is 0. The van der Waals surface area contributed by atoms with Crippen molar-refractivity contribution in [2.45, 2.75) is 32.9 Å². The van der Waals surface area contributed by atoms with Gasteiger partial charge in [-0.2, -0.15) is 0 Å². The van der Waals surface area contributed by atoms with Crippen LogP contribution in [0.15, 0.2) is 78.4 Å². The van der Waals surface area contributed by atoms with E-state index in [-0.39, 0.29) is 17.9 Å². The van der Waals surface area contributed by atoms with Crippen LogP contribution in [0.25, 0.3) is 0 Å². The Labute approximate surface area is 204 Å². The van der Waals surface area contributed by atoms with Crippen molar-refractivity contribution in [1.82, 2.24) is 14.7 Å². The lowest BCUT2D eigenvalue weighted by atomic mass is 9.88. The minimum absolute atomic E-state index is 0.0622. The topological polar surface area (TPSA) is 52.8 Å². The van der Waals surface area contributed by atoms with E-state index in [4.69, 9.17) is 5.73 Å². The van der Waals surface area contributed by atoms with Crippen LogP contribution >= 0.6 is 0 Å². The molecule has 1 amide bonds. The molecule has 1 aliphatic heterocycles. The lowest BCUT2D eigenvalue weighted by molar-refractivity contribution is -0.133. The molecule has 5 nitrogen and oxygen atoms in total. The van der Waals surface area contributed by atoms with Crippen LogP contribution in [0.4, 0.5) is 5.69 Å². The van der Waals surface area contributed by atoms with E-state index in [9.17, 15) is 4.79 Å². The third-order valence-electron chi connectivity index (χ3n) is 7.08. The molecule has 180 valence electrons. The Bertz CT molecular complexity index is 1000. The summed E-state index contributed by atoms with van der Waals surface area (Å²) < 4.78 is 0. The fourth-order valence-electron chi connectivity index (χ4n) is 5.16. The fraction of sp³-hybridized carbons (Fsp3) is 0.414. The molecule has 1 aliphatic carbocycles. The second kappa shape index (κ2) is 11.5. The van der Waals surface area contributed by atoms with Crippen LogP contribution in [0.5, 0.6) is 0 Å². The summed E-state index contributed by atoms with van der Waals surface area (Å²) in [7, 11) is 0. The number of hydrogen-bond donors (Lipinski definition) is 1. The molecule has 2 N–H and O–H groups in total. The molecule has 1 fully saturated rings. The molecular formula is C29H38N4O. The zero-order valence-corrected chi connectivity index (χ0v) is 20.6. The lowest BCUT2D eigenvalue weighted by Gasteiger charge is -2.40. The van der Waals surface area contributed by atoms with Gasteiger partial charge in [-0.05, 0) is 49.1 Å². The summed E-state index contributed by atoms with van der Waals surface area (Å²) in [4.78, 5) is 19.9. The molecule has 2 unspecified atom stereocenters. The summed E-state index contributed by atoms with van der Waals surface area (Å²) in [5.41, 5.74) is 10.8. The molecule has 2 aromatic carbocycles. The molecule has 2 atom stereocenters. The van der Waals surface area contributed by atoms with E-state index in [0.717, 1.165) is 57.9 Å². The third kappa shape index (κ3) is 5.78. The van der Waals surface area contributed by atoms with E-state index < -0.39 is 0 Å². The average Bonchev–Trinajstić information content (AvgIpc) is 2.87. The minimum Gasteiger partial charge on any atom is -0.399 e. The Morgan fingerprint density at radius 1 is 1.03 bits per heavy atom. The van der Waals surface area contributed by atoms with Gasteiger partial charge in [0, 0.05) is 51.5 Å². The number of hydrogen-bond acceptors (Lipinski definition) is 4. The second-order valence-corrected chi connectivity index (χ2v) is 9.29. The van der Waals surface area contributed by atoms with Gasteiger partial charge in [0.1, 0.15) is 0 Å². The molecule has 4 rings (SSSR count). The quantitative estimate of drug-likeness (QED) is 0.592. The number of carbonyl (C=O) groups is 1. The van der Waals surface area contributed by atoms with E-state index in [1.807, 2.05) is 30.9 Å². The van der Waals surface area contributed by atoms with Crippen molar-refractivity contribution in [2.75, 3.05) is 45.0 Å². The maximum atomic E-state index is 12.9. The number of rotatable bonds is 8. The minimum atomic E-state index is -0.0622. The number of nitrogens with two attached hydrogens (primary N) is 1. The maximum Gasteiger partial charge on any atom is 0.229 e. The molecular weight excluding hydrogens is 420 g/mol. The highest BCUT2D eigenvalue weighted by Gasteiger charge is 2.29. The number of allylic oxidation sites excluding steroid dienone is 1. The molecule has 2 aliphatic rings. The first-order valence-electron chi connectivity index (χ1n) is 12.6. The summed E-state index contributed by atoms with van der Waals surface area (Å²) in [5.74, 6) is 0.166. The Balaban J connectivity index is 1.48. The summed E-state index contributed by atoms with van der Waals surface area (Å²) in [6.45, 7) is 10.7. The first kappa shape index (κ1) is 24.2. The number of nitrogens with zero attached hydrogens (tertiary/aromatic N) is 3. The summed E-state index contributed by atoms with van der Waals surface area (Å²) in [6.07, 6.45) is 7.32. The van der Waals surface area contributed by atoms with Crippen molar-refractivity contribution >= 4 is 11.6 Å². The van der Waals surface area contributed by atoms with E-state index in [1.165, 1.54) is 16.7 Å². The van der Waals surface area contributed by atoms with Crippen LogP contribution in [-0.4, -0.2) is 59.9 Å². The maximum absolute atomic E-state index is 12.9. The number of nitrogen functional groups attached to an aromatic ring is 1. The Hall–Kier alpha value is -2.89. The zero-order chi connectivity index (χ0) is 23.9. The van der Waals surface area contributed by atoms with Crippen molar-refractivity contribution in [1.29, 1.82) is 0 Å². The van der Waals surface area contributed by atoms with Gasteiger partial charge >= 0.3 is 0 Å². The van der Waals surface area contributed by atoms with E-state index in [0.29, 0.717) is 0 Å². The Kier molecular flexibility index (Phi) is 8.20. The van der Waals surface area contributed by atoms with Gasteiger partial charge in [-0.15, -0.1) is 0 Å². The largest absolute Gasteiger partial charge is 0.399 e. The smallest absolute Gasteiger partial charge is 0.229 e. The van der Waals surface area contributed by atoms with Crippen molar-refractivity contribution in [3.63, 3.8) is 0 Å². The number of benzene rings is 2. The van der Waals surface area contributed by atoms with Crippen molar-refractivity contribution in [2.24, 2.45) is 5.92 Å². The number of piperazine rings is 1. The van der Waals surface area contributed by atoms with E-state index >= 15 is 0 Å². The van der Waals surface area contributed by atoms with Gasteiger partial charge in [0.25, 0.3) is 0 Å². The monoisotopic (exact) mass is 458 g/mol. The Morgan fingerprint density at radius 2 is 1.76 bits per heavy atom. The van der Waals surface area contributed by atoms with Gasteiger partial charge in [-0.1, -0.05) is 60.7 Å². The van der Waals surface area contributed by atoms with Crippen LogP contribution in [0.2, 0.25) is 0 Å². The van der Waals surface area contributed by atoms with Gasteiger partial charge in [0.2, 0.25) is 5.91 Å². The van der Waals surface area contributed by atoms with Crippen LogP contribution < -0.4 is 5.73 Å². The average molecular weight is 459 g/mol. The van der Waals surface area contributed by atoms with Gasteiger partial charge in [-0.25, -0.2) is 0 Å². The standard InChI is InChI=1S/C29H38N4O/c1-3-32(4-2)29(34)25-15-13-24(14-16-25)28(26-11-8-12-27(30)21-26)33-19-17-31(18-20-33)22-23-9-6-5-7-10-23/h5-15,21,25,28H,3-4,16-20,22,30H2,1-2H3. The predicted molar refractivity (Wildman–Crippen MR) is 140 cm³/mol. The molecule has 0 bridgehead atoms. The number of carbonyl (C=O) groups excluding carboxylic acids is 1. The highest BCUT2D eigenvalue weighted by Crippen LogP contribution is 2.34. The SMILES string of the molecule is CCN(CC)C(=O)C1C=CC(C(c2cccc(N)c2)N2CCN(Cc3ccccc3)CC2)=CC1. The predicted octanol–water partition coefficient (Wildman–Crippen LogP) is 4.50. The molecule has 1 saturated heterocycles. The number of amides is 1. The zero-order valence-electron chi connectivity index (χ0n) is 20.6. The van der Waals surface area contributed by atoms with Crippen molar-refractivity contribution in [3.8, 4) is 0 Å². The first-order chi connectivity index (χ1) is 16.6. The normalized spacial score (nSPS) is 20.1. The van der Waals surface area contributed by atoms with Crippen LogP contribution in [0.3, 0.4) is 0 Å². The molecule has 1 heterocycles. The van der Waals surface area contributed by atoms with Crippen LogP contribution in [-0.2, 0) is 11.3 Å². The molecule has 0 saturated carbocycles. The van der Waals surface area contributed by atoms with Crippen molar-refractivity contribution < 1.29 is 4.79 Å². The van der Waals surface area contributed by atoms with Crippen molar-refractivity contribution in [3.05, 3.63) is 89.5 Å². The van der Waals surface area contributed by atoms with E-state index in [2.05, 4.69) is 70.5 Å². The first-order valence-corrected chi connectivity index (χ1v) is 12.6. The number of anilines is 1. The molecule has 34 heavy (non-hydrogen) atoms. The Morgan fingerprint density at radius 3 is 2.38 bits per heavy atom. The molecule has 5 heteroatoms.